The molecule has 6 heteroatoms. The van der Waals surface area contributed by atoms with Crippen molar-refractivity contribution in [3.05, 3.63) is 45.8 Å². The quantitative estimate of drug-likeness (QED) is 0.692. The van der Waals surface area contributed by atoms with Gasteiger partial charge in [-0.3, -0.25) is 9.59 Å². The Morgan fingerprint density at radius 3 is 2.70 bits per heavy atom. The molecule has 1 unspecified atom stereocenters. The van der Waals surface area contributed by atoms with Crippen LogP contribution >= 0.6 is 11.3 Å². The molecule has 2 aromatic rings. The highest BCUT2D eigenvalue weighted by atomic mass is 32.1. The summed E-state index contributed by atoms with van der Waals surface area (Å²) in [5.74, 6) is 0.549. The number of hydrogen-bond donors (Lipinski definition) is 2. The lowest BCUT2D eigenvalue weighted by atomic mass is 9.87. The molecule has 1 aromatic heterocycles. The molecular weight excluding hydrogens is 360 g/mol. The normalized spacial score (nSPS) is 15.9. The van der Waals surface area contributed by atoms with E-state index in [1.54, 1.807) is 24.3 Å². The molecule has 0 radical (unpaired) electrons. The molecule has 0 saturated carbocycles. The second-order valence-corrected chi connectivity index (χ2v) is 8.21. The van der Waals surface area contributed by atoms with Crippen LogP contribution in [-0.4, -0.2) is 18.4 Å². The Labute approximate surface area is 163 Å². The molecule has 1 aromatic carbocycles. The zero-order chi connectivity index (χ0) is 19.4. The Morgan fingerprint density at radius 2 is 2.04 bits per heavy atom. The Balaban J connectivity index is 1.75. The molecule has 5 nitrogen and oxygen atoms in total. The third-order valence-electron chi connectivity index (χ3n) is 4.86. The summed E-state index contributed by atoms with van der Waals surface area (Å²) in [5.41, 5.74) is 7.64. The van der Waals surface area contributed by atoms with Gasteiger partial charge in [-0.2, -0.15) is 0 Å². The Morgan fingerprint density at radius 1 is 1.30 bits per heavy atom. The van der Waals surface area contributed by atoms with E-state index in [2.05, 4.69) is 19.2 Å². The van der Waals surface area contributed by atoms with Gasteiger partial charge >= 0.3 is 0 Å². The van der Waals surface area contributed by atoms with Crippen molar-refractivity contribution >= 4 is 28.2 Å². The fourth-order valence-electron chi connectivity index (χ4n) is 3.32. The first-order valence-corrected chi connectivity index (χ1v) is 10.3. The number of carbonyl (C=O) groups excluding carboxylic acids is 2. The minimum atomic E-state index is -0.475. The van der Waals surface area contributed by atoms with Gasteiger partial charge in [0.05, 0.1) is 12.2 Å². The second kappa shape index (κ2) is 8.57. The number of fused-ring (bicyclic) bond motifs is 1. The summed E-state index contributed by atoms with van der Waals surface area (Å²) in [5, 5.41) is 3.45. The predicted octanol–water partition coefficient (Wildman–Crippen LogP) is 4.40. The van der Waals surface area contributed by atoms with Crippen LogP contribution < -0.4 is 15.8 Å². The van der Waals surface area contributed by atoms with Crippen LogP contribution in [0.3, 0.4) is 0 Å². The van der Waals surface area contributed by atoms with E-state index in [9.17, 15) is 9.59 Å². The Hall–Kier alpha value is -2.34. The average Bonchev–Trinajstić information content (AvgIpc) is 2.99. The number of rotatable bonds is 7. The monoisotopic (exact) mass is 386 g/mol. The van der Waals surface area contributed by atoms with Crippen molar-refractivity contribution in [2.45, 2.75) is 46.0 Å². The number of unbranched alkanes of at least 4 members (excludes halogenated alkanes) is 1. The largest absolute Gasteiger partial charge is 0.494 e. The van der Waals surface area contributed by atoms with Crippen LogP contribution in [0.25, 0.3) is 0 Å². The minimum Gasteiger partial charge on any atom is -0.494 e. The number of nitrogens with one attached hydrogen (secondary N) is 1. The number of carbonyl (C=O) groups is 2. The van der Waals surface area contributed by atoms with Crippen LogP contribution in [0.1, 0.15) is 64.3 Å². The molecule has 2 amide bonds. The molecule has 0 saturated heterocycles. The smallest absolute Gasteiger partial charge is 0.256 e. The standard InChI is InChI=1S/C21H26N2O3S/c1-3-4-11-26-15-8-6-14(7-9-15)20(25)23-21-18(19(22)24)16-12-13(2)5-10-17(16)27-21/h6-9,13H,3-5,10-12H2,1-2H3,(H2,22,24)(H,23,25). The third-order valence-corrected chi connectivity index (χ3v) is 6.07. The van der Waals surface area contributed by atoms with Crippen LogP contribution in [0, 0.1) is 5.92 Å². The zero-order valence-corrected chi connectivity index (χ0v) is 16.7. The summed E-state index contributed by atoms with van der Waals surface area (Å²) in [7, 11) is 0. The van der Waals surface area contributed by atoms with Gasteiger partial charge in [-0.1, -0.05) is 20.3 Å². The summed E-state index contributed by atoms with van der Waals surface area (Å²) in [6, 6.07) is 7.05. The molecular formula is C21H26N2O3S. The van der Waals surface area contributed by atoms with Crippen molar-refractivity contribution in [3.63, 3.8) is 0 Å². The molecule has 144 valence electrons. The molecule has 3 N–H and O–H groups in total. The molecule has 1 aliphatic rings. The lowest BCUT2D eigenvalue weighted by Crippen LogP contribution is -2.19. The lowest BCUT2D eigenvalue weighted by Gasteiger charge is -2.18. The minimum absolute atomic E-state index is 0.246. The first-order valence-electron chi connectivity index (χ1n) is 9.48. The molecule has 1 heterocycles. The van der Waals surface area contributed by atoms with Gasteiger partial charge in [-0.05, 0) is 61.4 Å². The summed E-state index contributed by atoms with van der Waals surface area (Å²) in [6.45, 7) is 4.96. The first-order chi connectivity index (χ1) is 13.0. The highest BCUT2D eigenvalue weighted by Crippen LogP contribution is 2.39. The number of benzene rings is 1. The van der Waals surface area contributed by atoms with E-state index in [1.165, 1.54) is 11.3 Å². The fraction of sp³-hybridized carbons (Fsp3) is 0.429. The Bertz CT molecular complexity index is 827. The van der Waals surface area contributed by atoms with Crippen molar-refractivity contribution in [3.8, 4) is 5.75 Å². The van der Waals surface area contributed by atoms with Crippen LogP contribution in [0.4, 0.5) is 5.00 Å². The maximum absolute atomic E-state index is 12.6. The van der Waals surface area contributed by atoms with E-state index >= 15 is 0 Å². The second-order valence-electron chi connectivity index (χ2n) is 7.10. The number of nitrogens with two attached hydrogens (primary N) is 1. The number of anilines is 1. The summed E-state index contributed by atoms with van der Waals surface area (Å²) in [6.07, 6.45) is 4.94. The molecule has 27 heavy (non-hydrogen) atoms. The van der Waals surface area contributed by atoms with Gasteiger partial charge < -0.3 is 15.8 Å². The molecule has 0 fully saturated rings. The molecule has 0 aliphatic heterocycles. The molecule has 0 bridgehead atoms. The van der Waals surface area contributed by atoms with E-state index in [-0.39, 0.29) is 5.91 Å². The van der Waals surface area contributed by atoms with E-state index < -0.39 is 5.91 Å². The lowest BCUT2D eigenvalue weighted by molar-refractivity contribution is 0.1000. The number of thiophene rings is 1. The van der Waals surface area contributed by atoms with E-state index in [4.69, 9.17) is 10.5 Å². The number of aryl methyl sites for hydroxylation is 1. The van der Waals surface area contributed by atoms with Gasteiger partial charge in [0.25, 0.3) is 11.8 Å². The van der Waals surface area contributed by atoms with E-state index in [0.29, 0.717) is 28.7 Å². The molecule has 1 atom stereocenters. The number of amides is 2. The molecule has 3 rings (SSSR count). The van der Waals surface area contributed by atoms with Crippen molar-refractivity contribution in [2.75, 3.05) is 11.9 Å². The van der Waals surface area contributed by atoms with Crippen LogP contribution in [0.15, 0.2) is 24.3 Å². The molecule has 0 spiro atoms. The van der Waals surface area contributed by atoms with Gasteiger partial charge in [0.1, 0.15) is 10.8 Å². The highest BCUT2D eigenvalue weighted by molar-refractivity contribution is 7.17. The fourth-order valence-corrected chi connectivity index (χ4v) is 4.56. The number of hydrogen-bond acceptors (Lipinski definition) is 4. The van der Waals surface area contributed by atoms with Gasteiger partial charge in [-0.15, -0.1) is 11.3 Å². The van der Waals surface area contributed by atoms with Crippen molar-refractivity contribution < 1.29 is 14.3 Å². The number of ether oxygens (including phenoxy) is 1. The maximum Gasteiger partial charge on any atom is 0.256 e. The Kier molecular flexibility index (Phi) is 6.16. The van der Waals surface area contributed by atoms with E-state index in [0.717, 1.165) is 48.3 Å². The predicted molar refractivity (Wildman–Crippen MR) is 109 cm³/mol. The van der Waals surface area contributed by atoms with E-state index in [1.807, 2.05) is 0 Å². The first kappa shape index (κ1) is 19.4. The van der Waals surface area contributed by atoms with Gasteiger partial charge in [0, 0.05) is 10.4 Å². The van der Waals surface area contributed by atoms with Gasteiger partial charge in [0.15, 0.2) is 0 Å². The SMILES string of the molecule is CCCCOc1ccc(C(=O)Nc2sc3c(c2C(N)=O)CC(C)CC3)cc1. The highest BCUT2D eigenvalue weighted by Gasteiger charge is 2.27. The zero-order valence-electron chi connectivity index (χ0n) is 15.8. The topological polar surface area (TPSA) is 81.4 Å². The van der Waals surface area contributed by atoms with Crippen LogP contribution in [-0.2, 0) is 12.8 Å². The summed E-state index contributed by atoms with van der Waals surface area (Å²) >= 11 is 1.47. The van der Waals surface area contributed by atoms with Crippen LogP contribution in [0.5, 0.6) is 5.75 Å². The van der Waals surface area contributed by atoms with Crippen LogP contribution in [0.2, 0.25) is 0 Å². The van der Waals surface area contributed by atoms with Gasteiger partial charge in [0.2, 0.25) is 0 Å². The molecule has 1 aliphatic carbocycles. The van der Waals surface area contributed by atoms with Crippen molar-refractivity contribution in [2.24, 2.45) is 11.7 Å². The summed E-state index contributed by atoms with van der Waals surface area (Å²) < 4.78 is 5.62. The third kappa shape index (κ3) is 4.50. The average molecular weight is 387 g/mol. The number of primary amides is 1. The van der Waals surface area contributed by atoms with Crippen molar-refractivity contribution in [1.29, 1.82) is 0 Å². The van der Waals surface area contributed by atoms with Crippen molar-refractivity contribution in [1.82, 2.24) is 0 Å². The maximum atomic E-state index is 12.6. The summed E-state index contributed by atoms with van der Waals surface area (Å²) in [4.78, 5) is 25.8. The van der Waals surface area contributed by atoms with Gasteiger partial charge in [-0.25, -0.2) is 0 Å².